The van der Waals surface area contributed by atoms with E-state index >= 15 is 0 Å². The molecule has 2 N–H and O–H groups in total. The van der Waals surface area contributed by atoms with Crippen molar-refractivity contribution in [1.29, 1.82) is 0 Å². The molecule has 0 aromatic heterocycles. The van der Waals surface area contributed by atoms with Gasteiger partial charge in [-0.05, 0) is 72.7 Å². The smallest absolute Gasteiger partial charge is 0.255 e. The van der Waals surface area contributed by atoms with E-state index < -0.39 is 0 Å². The number of carbonyl (C=O) groups is 2. The Morgan fingerprint density at radius 2 is 1.78 bits per heavy atom. The molecule has 0 saturated carbocycles. The Bertz CT molecular complexity index is 811. The van der Waals surface area contributed by atoms with E-state index in [-0.39, 0.29) is 11.8 Å². The lowest BCUT2D eigenvalue weighted by atomic mass is 10.00. The number of hydrogen-bond acceptors (Lipinski definition) is 2. The summed E-state index contributed by atoms with van der Waals surface area (Å²) in [6.45, 7) is 0. The molecule has 0 fully saturated rings. The average Bonchev–Trinajstić information content (AvgIpc) is 3.02. The summed E-state index contributed by atoms with van der Waals surface area (Å²) in [5.74, 6) is -0.0736. The van der Waals surface area contributed by atoms with E-state index in [2.05, 4.69) is 22.8 Å². The van der Waals surface area contributed by atoms with Crippen LogP contribution in [0.5, 0.6) is 0 Å². The van der Waals surface area contributed by atoms with Crippen molar-refractivity contribution in [2.45, 2.75) is 32.1 Å². The lowest BCUT2D eigenvalue weighted by molar-refractivity contribution is -0.116. The summed E-state index contributed by atoms with van der Waals surface area (Å²) in [6, 6.07) is 11.6. The quantitative estimate of drug-likeness (QED) is 0.894. The Morgan fingerprint density at radius 1 is 0.913 bits per heavy atom. The lowest BCUT2D eigenvalue weighted by Crippen LogP contribution is -2.20. The van der Waals surface area contributed by atoms with Gasteiger partial charge in [-0.1, -0.05) is 6.07 Å². The summed E-state index contributed by atoms with van der Waals surface area (Å²) in [5, 5.41) is 5.81. The Labute approximate surface area is 134 Å². The second-order valence-electron chi connectivity index (χ2n) is 6.21. The molecule has 1 heterocycles. The fraction of sp³-hybridized carbons (Fsp3) is 0.263. The Kier molecular flexibility index (Phi) is 3.37. The molecule has 0 radical (unpaired) electrons. The highest BCUT2D eigenvalue weighted by atomic mass is 16.2. The minimum atomic E-state index is -0.109. The van der Waals surface area contributed by atoms with E-state index in [0.717, 1.165) is 29.8 Å². The lowest BCUT2D eigenvalue weighted by Gasteiger charge is -2.17. The van der Waals surface area contributed by atoms with Gasteiger partial charge in [-0.25, -0.2) is 0 Å². The molecule has 0 bridgehead atoms. The first-order chi connectivity index (χ1) is 11.2. The Morgan fingerprint density at radius 3 is 2.70 bits per heavy atom. The molecule has 0 unspecified atom stereocenters. The average molecular weight is 306 g/mol. The van der Waals surface area contributed by atoms with Gasteiger partial charge in [0, 0.05) is 23.4 Å². The van der Waals surface area contributed by atoms with Gasteiger partial charge in [0.15, 0.2) is 0 Å². The number of rotatable bonds is 2. The molecule has 116 valence electrons. The van der Waals surface area contributed by atoms with Gasteiger partial charge in [0.1, 0.15) is 0 Å². The summed E-state index contributed by atoms with van der Waals surface area (Å²) in [6.07, 6.45) is 4.59. The largest absolute Gasteiger partial charge is 0.326 e. The standard InChI is InChI=1S/C19H18N2O2/c22-18-9-6-14-10-15(5-8-17(14)21-18)19(23)20-16-7-4-12-2-1-3-13(12)11-16/h4-5,7-8,10-11H,1-3,6,9H2,(H,20,23)(H,21,22). The number of benzene rings is 2. The summed E-state index contributed by atoms with van der Waals surface area (Å²) in [7, 11) is 0. The predicted molar refractivity (Wildman–Crippen MR) is 89.8 cm³/mol. The summed E-state index contributed by atoms with van der Waals surface area (Å²) in [4.78, 5) is 23.9. The van der Waals surface area contributed by atoms with Crippen molar-refractivity contribution in [1.82, 2.24) is 0 Å². The number of amides is 2. The van der Waals surface area contributed by atoms with Crippen LogP contribution in [0.2, 0.25) is 0 Å². The molecule has 0 atom stereocenters. The van der Waals surface area contributed by atoms with Crippen molar-refractivity contribution in [2.75, 3.05) is 10.6 Å². The number of aryl methyl sites for hydroxylation is 3. The third-order valence-corrected chi connectivity index (χ3v) is 4.62. The van der Waals surface area contributed by atoms with Crippen LogP contribution in [0.15, 0.2) is 36.4 Å². The first-order valence-corrected chi connectivity index (χ1v) is 8.05. The number of anilines is 2. The molecule has 1 aliphatic carbocycles. The molecular formula is C19H18N2O2. The molecule has 2 aliphatic rings. The van der Waals surface area contributed by atoms with Gasteiger partial charge in [0.05, 0.1) is 0 Å². The maximum absolute atomic E-state index is 12.5. The summed E-state index contributed by atoms with van der Waals surface area (Å²) < 4.78 is 0. The van der Waals surface area contributed by atoms with Crippen molar-refractivity contribution in [3.63, 3.8) is 0 Å². The van der Waals surface area contributed by atoms with Crippen LogP contribution in [0.25, 0.3) is 0 Å². The molecule has 2 amide bonds. The molecule has 4 rings (SSSR count). The van der Waals surface area contributed by atoms with E-state index in [9.17, 15) is 9.59 Å². The SMILES string of the molecule is O=C1CCc2cc(C(=O)Nc3ccc4c(c3)CCC4)ccc2N1. The summed E-state index contributed by atoms with van der Waals surface area (Å²) >= 11 is 0. The van der Waals surface area contributed by atoms with Crippen molar-refractivity contribution < 1.29 is 9.59 Å². The van der Waals surface area contributed by atoms with Gasteiger partial charge in [0.2, 0.25) is 5.91 Å². The zero-order valence-electron chi connectivity index (χ0n) is 12.8. The van der Waals surface area contributed by atoms with Gasteiger partial charge >= 0.3 is 0 Å². The van der Waals surface area contributed by atoms with Crippen molar-refractivity contribution in [3.05, 3.63) is 58.7 Å². The molecule has 0 saturated heterocycles. The fourth-order valence-electron chi connectivity index (χ4n) is 3.38. The summed E-state index contributed by atoms with van der Waals surface area (Å²) in [5.41, 5.74) is 6.05. The first-order valence-electron chi connectivity index (χ1n) is 8.05. The second kappa shape index (κ2) is 5.54. The van der Waals surface area contributed by atoms with Crippen LogP contribution < -0.4 is 10.6 Å². The van der Waals surface area contributed by atoms with E-state index in [1.807, 2.05) is 18.2 Å². The van der Waals surface area contributed by atoms with Crippen molar-refractivity contribution in [3.8, 4) is 0 Å². The monoisotopic (exact) mass is 306 g/mol. The predicted octanol–water partition coefficient (Wildman–Crippen LogP) is 3.31. The normalized spacial score (nSPS) is 15.6. The molecule has 1 aliphatic heterocycles. The third kappa shape index (κ3) is 2.72. The van der Waals surface area contributed by atoms with Crippen molar-refractivity contribution >= 4 is 23.2 Å². The molecule has 4 heteroatoms. The van der Waals surface area contributed by atoms with Crippen LogP contribution in [0.1, 0.15) is 39.9 Å². The van der Waals surface area contributed by atoms with Gasteiger partial charge < -0.3 is 10.6 Å². The van der Waals surface area contributed by atoms with Crippen LogP contribution in [0.4, 0.5) is 11.4 Å². The Hall–Kier alpha value is -2.62. The molecular weight excluding hydrogens is 288 g/mol. The minimum absolute atomic E-state index is 0.0350. The second-order valence-corrected chi connectivity index (χ2v) is 6.21. The number of nitrogens with one attached hydrogen (secondary N) is 2. The highest BCUT2D eigenvalue weighted by Crippen LogP contribution is 2.26. The van der Waals surface area contributed by atoms with Gasteiger partial charge in [-0.2, -0.15) is 0 Å². The molecule has 0 spiro atoms. The molecule has 23 heavy (non-hydrogen) atoms. The zero-order chi connectivity index (χ0) is 15.8. The van der Waals surface area contributed by atoms with E-state index in [0.29, 0.717) is 18.4 Å². The highest BCUT2D eigenvalue weighted by molar-refractivity contribution is 6.05. The minimum Gasteiger partial charge on any atom is -0.326 e. The number of hydrogen-bond donors (Lipinski definition) is 2. The van der Waals surface area contributed by atoms with Gasteiger partial charge in [-0.15, -0.1) is 0 Å². The van der Waals surface area contributed by atoms with Crippen LogP contribution >= 0.6 is 0 Å². The highest BCUT2D eigenvalue weighted by Gasteiger charge is 2.17. The maximum Gasteiger partial charge on any atom is 0.255 e. The van der Waals surface area contributed by atoms with Crippen LogP contribution in [-0.4, -0.2) is 11.8 Å². The third-order valence-electron chi connectivity index (χ3n) is 4.62. The molecule has 2 aromatic rings. The van der Waals surface area contributed by atoms with Crippen LogP contribution in [0, 0.1) is 0 Å². The fourth-order valence-corrected chi connectivity index (χ4v) is 3.38. The van der Waals surface area contributed by atoms with Gasteiger partial charge in [0.25, 0.3) is 5.91 Å². The van der Waals surface area contributed by atoms with E-state index in [1.54, 1.807) is 6.07 Å². The zero-order valence-corrected chi connectivity index (χ0v) is 12.8. The van der Waals surface area contributed by atoms with Crippen LogP contribution in [-0.2, 0) is 24.1 Å². The number of carbonyl (C=O) groups excluding carboxylic acids is 2. The first kappa shape index (κ1) is 14.0. The Balaban J connectivity index is 1.54. The molecule has 2 aromatic carbocycles. The maximum atomic E-state index is 12.5. The van der Waals surface area contributed by atoms with Gasteiger partial charge in [-0.3, -0.25) is 9.59 Å². The number of fused-ring (bicyclic) bond motifs is 2. The van der Waals surface area contributed by atoms with Crippen LogP contribution in [0.3, 0.4) is 0 Å². The van der Waals surface area contributed by atoms with E-state index in [4.69, 9.17) is 0 Å². The van der Waals surface area contributed by atoms with Crippen molar-refractivity contribution in [2.24, 2.45) is 0 Å². The molecule has 4 nitrogen and oxygen atoms in total. The van der Waals surface area contributed by atoms with E-state index in [1.165, 1.54) is 17.5 Å². The topological polar surface area (TPSA) is 58.2 Å².